The molecule has 2 heterocycles. The van der Waals surface area contributed by atoms with Crippen molar-refractivity contribution in [2.75, 3.05) is 7.11 Å². The number of carbonyl (C=O) groups is 1. The lowest BCUT2D eigenvalue weighted by molar-refractivity contribution is 0.0992. The maximum atomic E-state index is 12.2. The summed E-state index contributed by atoms with van der Waals surface area (Å²) in [4.78, 5) is 12.2. The van der Waals surface area contributed by atoms with E-state index in [0.717, 1.165) is 47.2 Å². The molecule has 116 valence electrons. The maximum Gasteiger partial charge on any atom is 0.266 e. The fourth-order valence-corrected chi connectivity index (χ4v) is 3.65. The van der Waals surface area contributed by atoms with Crippen LogP contribution in [0.3, 0.4) is 0 Å². The Morgan fingerprint density at radius 3 is 2.65 bits per heavy atom. The topological polar surface area (TPSA) is 57.2 Å². The van der Waals surface area contributed by atoms with Gasteiger partial charge in [-0.05, 0) is 36.1 Å². The third-order valence-electron chi connectivity index (χ3n) is 4.61. The molecule has 1 aromatic heterocycles. The molecule has 0 saturated carbocycles. The maximum absolute atomic E-state index is 12.2. The zero-order valence-electron chi connectivity index (χ0n) is 13.0. The van der Waals surface area contributed by atoms with Gasteiger partial charge in [-0.25, -0.2) is 0 Å². The van der Waals surface area contributed by atoms with Gasteiger partial charge in [-0.1, -0.05) is 30.3 Å². The molecule has 0 saturated heterocycles. The van der Waals surface area contributed by atoms with E-state index < -0.39 is 0 Å². The zero-order valence-corrected chi connectivity index (χ0v) is 13.0. The number of nitrogens with zero attached hydrogens (tertiary/aromatic N) is 1. The molecule has 1 aliphatic rings. The van der Waals surface area contributed by atoms with E-state index in [1.807, 2.05) is 24.3 Å². The number of nitrogens with two attached hydrogens (primary N) is 1. The molecule has 4 nitrogen and oxygen atoms in total. The number of carbonyl (C=O) groups excluding carboxylic acids is 1. The minimum atomic E-state index is -0.375. The van der Waals surface area contributed by atoms with E-state index in [-0.39, 0.29) is 5.91 Å². The lowest BCUT2D eigenvalue weighted by Gasteiger charge is -2.16. The van der Waals surface area contributed by atoms with Gasteiger partial charge in [0.25, 0.3) is 5.91 Å². The molecule has 3 aromatic rings. The second kappa shape index (κ2) is 5.16. The first-order chi connectivity index (χ1) is 11.2. The third-order valence-corrected chi connectivity index (χ3v) is 4.61. The van der Waals surface area contributed by atoms with Crippen LogP contribution in [0.25, 0.3) is 22.0 Å². The van der Waals surface area contributed by atoms with Gasteiger partial charge in [-0.3, -0.25) is 4.79 Å². The molecule has 0 fully saturated rings. The number of primary amides is 1. The van der Waals surface area contributed by atoms with Crippen LogP contribution < -0.4 is 10.5 Å². The van der Waals surface area contributed by atoms with Gasteiger partial charge in [0, 0.05) is 17.5 Å². The van der Waals surface area contributed by atoms with Gasteiger partial charge in [0.05, 0.1) is 12.6 Å². The Hall–Kier alpha value is -2.75. The molecule has 4 heteroatoms. The highest BCUT2D eigenvalue weighted by Crippen LogP contribution is 2.39. The quantitative estimate of drug-likeness (QED) is 0.806. The van der Waals surface area contributed by atoms with Crippen molar-refractivity contribution in [3.8, 4) is 16.9 Å². The monoisotopic (exact) mass is 306 g/mol. The Morgan fingerprint density at radius 2 is 1.96 bits per heavy atom. The van der Waals surface area contributed by atoms with Gasteiger partial charge in [0.2, 0.25) is 0 Å². The summed E-state index contributed by atoms with van der Waals surface area (Å²) in [5.41, 5.74) is 10.7. The number of methoxy groups -OCH3 is 1. The van der Waals surface area contributed by atoms with E-state index in [1.165, 1.54) is 5.56 Å². The van der Waals surface area contributed by atoms with E-state index in [1.54, 1.807) is 7.11 Å². The van der Waals surface area contributed by atoms with Crippen LogP contribution in [0.15, 0.2) is 42.5 Å². The van der Waals surface area contributed by atoms with Crippen LogP contribution in [0.1, 0.15) is 22.5 Å². The minimum Gasteiger partial charge on any atom is -0.497 e. The first-order valence-electron chi connectivity index (χ1n) is 7.79. The van der Waals surface area contributed by atoms with Gasteiger partial charge in [0.1, 0.15) is 11.4 Å². The number of amides is 1. The standard InChI is InChI=1S/C19H18N2O2/c1-23-14-9-7-12(8-10-14)16-15-6-2-4-13-5-3-11-21(17(13)15)18(16)19(20)22/h2,4,6-10H,3,5,11H2,1H3,(H2,20,22). The second-order valence-corrected chi connectivity index (χ2v) is 5.88. The molecule has 2 N–H and O–H groups in total. The Balaban J connectivity index is 2.07. The Morgan fingerprint density at radius 1 is 1.17 bits per heavy atom. The van der Waals surface area contributed by atoms with Gasteiger partial charge < -0.3 is 15.0 Å². The number of hydrogen-bond donors (Lipinski definition) is 1. The highest BCUT2D eigenvalue weighted by molar-refractivity contribution is 6.10. The zero-order chi connectivity index (χ0) is 16.0. The number of aromatic nitrogens is 1. The van der Waals surface area contributed by atoms with Crippen LogP contribution in [-0.2, 0) is 13.0 Å². The normalized spacial score (nSPS) is 13.3. The highest BCUT2D eigenvalue weighted by atomic mass is 16.5. The summed E-state index contributed by atoms with van der Waals surface area (Å²) in [5, 5.41) is 1.10. The molecular weight excluding hydrogens is 288 g/mol. The summed E-state index contributed by atoms with van der Waals surface area (Å²) >= 11 is 0. The molecule has 0 atom stereocenters. The third kappa shape index (κ3) is 2.02. The summed E-state index contributed by atoms with van der Waals surface area (Å²) in [5.74, 6) is 0.419. The van der Waals surface area contributed by atoms with Crippen molar-refractivity contribution >= 4 is 16.8 Å². The van der Waals surface area contributed by atoms with Crippen molar-refractivity contribution in [1.82, 2.24) is 4.57 Å². The smallest absolute Gasteiger partial charge is 0.266 e. The second-order valence-electron chi connectivity index (χ2n) is 5.88. The fraction of sp³-hybridized carbons (Fsp3) is 0.211. The lowest BCUT2D eigenvalue weighted by Crippen LogP contribution is -2.20. The summed E-state index contributed by atoms with van der Waals surface area (Å²) < 4.78 is 7.32. The fourth-order valence-electron chi connectivity index (χ4n) is 3.65. The van der Waals surface area contributed by atoms with Crippen LogP contribution in [0.5, 0.6) is 5.75 Å². The summed E-state index contributed by atoms with van der Waals surface area (Å²) in [6.07, 6.45) is 2.07. The molecule has 1 aliphatic heterocycles. The highest BCUT2D eigenvalue weighted by Gasteiger charge is 2.25. The number of rotatable bonds is 3. The molecule has 0 aliphatic carbocycles. The Labute approximate surface area is 134 Å². The van der Waals surface area contributed by atoms with E-state index in [9.17, 15) is 4.79 Å². The van der Waals surface area contributed by atoms with E-state index in [2.05, 4.69) is 22.8 Å². The molecular formula is C19H18N2O2. The van der Waals surface area contributed by atoms with Crippen LogP contribution in [0.4, 0.5) is 0 Å². The van der Waals surface area contributed by atoms with Crippen LogP contribution in [-0.4, -0.2) is 17.6 Å². The van der Waals surface area contributed by atoms with E-state index in [4.69, 9.17) is 10.5 Å². The first-order valence-corrected chi connectivity index (χ1v) is 7.79. The van der Waals surface area contributed by atoms with Crippen molar-refractivity contribution in [3.63, 3.8) is 0 Å². The van der Waals surface area contributed by atoms with Crippen LogP contribution in [0, 0.1) is 0 Å². The minimum absolute atomic E-state index is 0.375. The molecule has 0 radical (unpaired) electrons. The van der Waals surface area contributed by atoms with E-state index >= 15 is 0 Å². The van der Waals surface area contributed by atoms with Crippen LogP contribution >= 0.6 is 0 Å². The van der Waals surface area contributed by atoms with Crippen molar-refractivity contribution < 1.29 is 9.53 Å². The average Bonchev–Trinajstić information content (AvgIpc) is 2.92. The summed E-state index contributed by atoms with van der Waals surface area (Å²) in [7, 11) is 1.64. The molecule has 4 rings (SSSR count). The lowest BCUT2D eigenvalue weighted by atomic mass is 9.99. The van der Waals surface area contributed by atoms with Gasteiger partial charge in [0.15, 0.2) is 0 Å². The first kappa shape index (κ1) is 13.9. The molecule has 0 bridgehead atoms. The predicted molar refractivity (Wildman–Crippen MR) is 90.8 cm³/mol. The molecule has 0 spiro atoms. The summed E-state index contributed by atoms with van der Waals surface area (Å²) in [6, 6.07) is 14.1. The van der Waals surface area contributed by atoms with Crippen molar-refractivity contribution in [1.29, 1.82) is 0 Å². The number of ether oxygens (including phenoxy) is 1. The van der Waals surface area contributed by atoms with E-state index in [0.29, 0.717) is 5.69 Å². The number of para-hydroxylation sites is 1. The number of aryl methyl sites for hydroxylation is 2. The van der Waals surface area contributed by atoms with Crippen LogP contribution in [0.2, 0.25) is 0 Å². The van der Waals surface area contributed by atoms with Crippen molar-refractivity contribution in [2.24, 2.45) is 5.73 Å². The Kier molecular flexibility index (Phi) is 3.11. The number of hydrogen-bond acceptors (Lipinski definition) is 2. The SMILES string of the molecule is COc1ccc(-c2c(C(N)=O)n3c4c(cccc24)CCC3)cc1. The molecule has 0 unspecified atom stereocenters. The van der Waals surface area contributed by atoms with Crippen molar-refractivity contribution in [3.05, 3.63) is 53.7 Å². The Bertz CT molecular complexity index is 907. The predicted octanol–water partition coefficient (Wildman–Crippen LogP) is 3.36. The summed E-state index contributed by atoms with van der Waals surface area (Å²) in [6.45, 7) is 0.835. The van der Waals surface area contributed by atoms with Crippen molar-refractivity contribution in [2.45, 2.75) is 19.4 Å². The van der Waals surface area contributed by atoms with Gasteiger partial charge >= 0.3 is 0 Å². The molecule has 23 heavy (non-hydrogen) atoms. The largest absolute Gasteiger partial charge is 0.497 e. The number of benzene rings is 2. The molecule has 2 aromatic carbocycles. The molecule has 1 amide bonds. The van der Waals surface area contributed by atoms with Gasteiger partial charge in [-0.15, -0.1) is 0 Å². The van der Waals surface area contributed by atoms with Gasteiger partial charge in [-0.2, -0.15) is 0 Å². The average molecular weight is 306 g/mol.